The van der Waals surface area contributed by atoms with E-state index in [1.165, 1.54) is 11.1 Å². The number of aryl methyl sites for hydroxylation is 1. The fourth-order valence-corrected chi connectivity index (χ4v) is 2.77. The van der Waals surface area contributed by atoms with E-state index < -0.39 is 0 Å². The summed E-state index contributed by atoms with van der Waals surface area (Å²) in [6.45, 7) is 7.25. The Kier molecular flexibility index (Phi) is 6.22. The summed E-state index contributed by atoms with van der Waals surface area (Å²) in [5.41, 5.74) is 2.99. The number of nitrogens with one attached hydrogen (secondary N) is 1. The maximum atomic E-state index is 12.1. The fraction of sp³-hybridized carbons (Fsp3) is 0.316. The molecule has 122 valence electrons. The Morgan fingerprint density at radius 1 is 1.22 bits per heavy atom. The first-order valence-electron chi connectivity index (χ1n) is 7.75. The topological polar surface area (TPSA) is 38.3 Å². The largest absolute Gasteiger partial charge is 0.491 e. The van der Waals surface area contributed by atoms with Gasteiger partial charge in [-0.25, -0.2) is 0 Å². The molecule has 0 fully saturated rings. The Morgan fingerprint density at radius 3 is 2.65 bits per heavy atom. The van der Waals surface area contributed by atoms with E-state index in [-0.39, 0.29) is 5.91 Å². The summed E-state index contributed by atoms with van der Waals surface area (Å²) < 4.78 is 6.66. The summed E-state index contributed by atoms with van der Waals surface area (Å²) in [7, 11) is 0. The zero-order valence-electron chi connectivity index (χ0n) is 13.7. The predicted molar refractivity (Wildman–Crippen MR) is 97.2 cm³/mol. The van der Waals surface area contributed by atoms with Crippen molar-refractivity contribution >= 4 is 21.8 Å². The average molecular weight is 376 g/mol. The minimum Gasteiger partial charge on any atom is -0.491 e. The highest BCUT2D eigenvalue weighted by Gasteiger charge is 2.10. The Bertz CT molecular complexity index is 683. The number of ether oxygens (including phenoxy) is 1. The Morgan fingerprint density at radius 2 is 1.96 bits per heavy atom. The van der Waals surface area contributed by atoms with Crippen molar-refractivity contribution in [3.63, 3.8) is 0 Å². The van der Waals surface area contributed by atoms with Crippen molar-refractivity contribution < 1.29 is 9.53 Å². The highest BCUT2D eigenvalue weighted by atomic mass is 79.9. The SMILES string of the molecule is Cc1ccc(C(C)C)c(OCCNC(=O)c2ccccc2Br)c1. The molecule has 2 aromatic rings. The fourth-order valence-electron chi connectivity index (χ4n) is 2.31. The lowest BCUT2D eigenvalue weighted by atomic mass is 10.0. The molecule has 0 unspecified atom stereocenters. The average Bonchev–Trinajstić information content (AvgIpc) is 2.51. The molecular weight excluding hydrogens is 354 g/mol. The number of halogens is 1. The van der Waals surface area contributed by atoms with E-state index in [1.54, 1.807) is 6.07 Å². The van der Waals surface area contributed by atoms with Crippen LogP contribution in [0.1, 0.15) is 41.3 Å². The van der Waals surface area contributed by atoms with Crippen molar-refractivity contribution in [3.8, 4) is 5.75 Å². The third kappa shape index (κ3) is 4.83. The number of hydrogen-bond donors (Lipinski definition) is 1. The van der Waals surface area contributed by atoms with Crippen LogP contribution < -0.4 is 10.1 Å². The van der Waals surface area contributed by atoms with E-state index in [0.29, 0.717) is 24.6 Å². The first kappa shape index (κ1) is 17.5. The summed E-state index contributed by atoms with van der Waals surface area (Å²) in [6, 6.07) is 13.6. The van der Waals surface area contributed by atoms with Crippen molar-refractivity contribution in [2.24, 2.45) is 0 Å². The normalized spacial score (nSPS) is 10.7. The number of carbonyl (C=O) groups excluding carboxylic acids is 1. The van der Waals surface area contributed by atoms with Crippen LogP contribution in [0.25, 0.3) is 0 Å². The predicted octanol–water partition coefficient (Wildman–Crippen LogP) is 4.69. The zero-order chi connectivity index (χ0) is 16.8. The quantitative estimate of drug-likeness (QED) is 0.743. The van der Waals surface area contributed by atoms with Gasteiger partial charge in [0.2, 0.25) is 0 Å². The van der Waals surface area contributed by atoms with Crippen molar-refractivity contribution in [1.29, 1.82) is 0 Å². The molecule has 1 N–H and O–H groups in total. The molecule has 0 heterocycles. The first-order chi connectivity index (χ1) is 11.0. The highest BCUT2D eigenvalue weighted by Crippen LogP contribution is 2.27. The van der Waals surface area contributed by atoms with Gasteiger partial charge in [-0.3, -0.25) is 4.79 Å². The Balaban J connectivity index is 1.90. The summed E-state index contributed by atoms with van der Waals surface area (Å²) >= 11 is 3.38. The van der Waals surface area contributed by atoms with Gasteiger partial charge in [0.1, 0.15) is 12.4 Å². The van der Waals surface area contributed by atoms with Crippen LogP contribution in [0.15, 0.2) is 46.9 Å². The molecule has 0 radical (unpaired) electrons. The molecule has 2 aromatic carbocycles. The van der Waals surface area contributed by atoms with Gasteiger partial charge in [0.25, 0.3) is 5.91 Å². The number of hydrogen-bond acceptors (Lipinski definition) is 2. The molecule has 0 aliphatic heterocycles. The standard InChI is InChI=1S/C19H22BrNO2/c1-13(2)15-9-8-14(3)12-18(15)23-11-10-21-19(22)16-6-4-5-7-17(16)20/h4-9,12-13H,10-11H2,1-3H3,(H,21,22). The second kappa shape index (κ2) is 8.16. The summed E-state index contributed by atoms with van der Waals surface area (Å²) in [5, 5.41) is 2.88. The van der Waals surface area contributed by atoms with Crippen LogP contribution in [-0.2, 0) is 0 Å². The van der Waals surface area contributed by atoms with Crippen molar-refractivity contribution in [2.75, 3.05) is 13.2 Å². The van der Waals surface area contributed by atoms with Crippen molar-refractivity contribution in [3.05, 3.63) is 63.6 Å². The van der Waals surface area contributed by atoms with Gasteiger partial charge in [-0.1, -0.05) is 38.1 Å². The Hall–Kier alpha value is -1.81. The van der Waals surface area contributed by atoms with Gasteiger partial charge >= 0.3 is 0 Å². The van der Waals surface area contributed by atoms with Crippen LogP contribution in [-0.4, -0.2) is 19.1 Å². The highest BCUT2D eigenvalue weighted by molar-refractivity contribution is 9.10. The molecule has 0 aromatic heterocycles. The van der Waals surface area contributed by atoms with Crippen molar-refractivity contribution in [2.45, 2.75) is 26.7 Å². The molecule has 0 bridgehead atoms. The van der Waals surface area contributed by atoms with Crippen LogP contribution in [0.3, 0.4) is 0 Å². The molecule has 0 saturated heterocycles. The summed E-state index contributed by atoms with van der Waals surface area (Å²) in [4.78, 5) is 12.1. The van der Waals surface area contributed by atoms with Crippen LogP contribution in [0.4, 0.5) is 0 Å². The van der Waals surface area contributed by atoms with Gasteiger partial charge in [0, 0.05) is 4.47 Å². The van der Waals surface area contributed by atoms with Gasteiger partial charge < -0.3 is 10.1 Å². The third-order valence-corrected chi connectivity index (χ3v) is 4.25. The lowest BCUT2D eigenvalue weighted by molar-refractivity contribution is 0.0946. The third-order valence-electron chi connectivity index (χ3n) is 3.55. The molecule has 4 heteroatoms. The van der Waals surface area contributed by atoms with Gasteiger partial charge in [-0.2, -0.15) is 0 Å². The van der Waals surface area contributed by atoms with Crippen molar-refractivity contribution in [1.82, 2.24) is 5.32 Å². The molecule has 2 rings (SSSR count). The molecule has 3 nitrogen and oxygen atoms in total. The molecule has 23 heavy (non-hydrogen) atoms. The first-order valence-corrected chi connectivity index (χ1v) is 8.54. The zero-order valence-corrected chi connectivity index (χ0v) is 15.3. The lowest BCUT2D eigenvalue weighted by Crippen LogP contribution is -2.28. The number of carbonyl (C=O) groups is 1. The molecule has 0 saturated carbocycles. The van der Waals surface area contributed by atoms with Gasteiger partial charge in [0.15, 0.2) is 0 Å². The summed E-state index contributed by atoms with van der Waals surface area (Å²) in [6.07, 6.45) is 0. The van der Waals surface area contributed by atoms with Gasteiger partial charge in [-0.05, 0) is 58.1 Å². The number of benzene rings is 2. The van der Waals surface area contributed by atoms with Gasteiger partial charge in [-0.15, -0.1) is 0 Å². The molecule has 1 amide bonds. The van der Waals surface area contributed by atoms with Crippen LogP contribution in [0.2, 0.25) is 0 Å². The van der Waals surface area contributed by atoms with Crippen LogP contribution in [0.5, 0.6) is 5.75 Å². The lowest BCUT2D eigenvalue weighted by Gasteiger charge is -2.15. The monoisotopic (exact) mass is 375 g/mol. The second-order valence-corrected chi connectivity index (χ2v) is 6.63. The maximum Gasteiger partial charge on any atom is 0.252 e. The van der Waals surface area contributed by atoms with E-state index in [2.05, 4.69) is 47.2 Å². The Labute approximate surface area is 146 Å². The van der Waals surface area contributed by atoms with E-state index in [0.717, 1.165) is 10.2 Å². The second-order valence-electron chi connectivity index (χ2n) is 5.78. The maximum absolute atomic E-state index is 12.1. The van der Waals surface area contributed by atoms with Crippen LogP contribution in [0, 0.1) is 6.92 Å². The van der Waals surface area contributed by atoms with Crippen LogP contribution >= 0.6 is 15.9 Å². The molecular formula is C19H22BrNO2. The number of amides is 1. The van der Waals surface area contributed by atoms with E-state index >= 15 is 0 Å². The molecule has 0 spiro atoms. The van der Waals surface area contributed by atoms with E-state index in [4.69, 9.17) is 4.74 Å². The number of rotatable bonds is 6. The van der Waals surface area contributed by atoms with Gasteiger partial charge in [0.05, 0.1) is 12.1 Å². The minimum atomic E-state index is -0.102. The molecule has 0 aliphatic rings. The van der Waals surface area contributed by atoms with E-state index in [1.807, 2.05) is 31.2 Å². The van der Waals surface area contributed by atoms with E-state index in [9.17, 15) is 4.79 Å². The molecule has 0 atom stereocenters. The smallest absolute Gasteiger partial charge is 0.252 e. The minimum absolute atomic E-state index is 0.102. The summed E-state index contributed by atoms with van der Waals surface area (Å²) in [5.74, 6) is 1.20. The molecule has 0 aliphatic carbocycles.